The Bertz CT molecular complexity index is 606. The Morgan fingerprint density at radius 2 is 2.00 bits per heavy atom. The highest BCUT2D eigenvalue weighted by Crippen LogP contribution is 2.33. The first kappa shape index (κ1) is 14.3. The summed E-state index contributed by atoms with van der Waals surface area (Å²) in [6.07, 6.45) is 1.34. The number of carbonyl (C=O) groups is 1. The smallest absolute Gasteiger partial charge is 0.354 e. The van der Waals surface area contributed by atoms with E-state index in [1.54, 1.807) is 24.3 Å². The zero-order valence-corrected chi connectivity index (χ0v) is 10.9. The van der Waals surface area contributed by atoms with E-state index in [9.17, 15) is 13.6 Å². The summed E-state index contributed by atoms with van der Waals surface area (Å²) in [4.78, 5) is 14.8. The van der Waals surface area contributed by atoms with Crippen LogP contribution in [0.5, 0.6) is 0 Å². The van der Waals surface area contributed by atoms with E-state index in [1.165, 1.54) is 18.3 Å². The molecule has 0 saturated heterocycles. The summed E-state index contributed by atoms with van der Waals surface area (Å²) in [6, 6.07) is 9.50. The van der Waals surface area contributed by atoms with E-state index in [-0.39, 0.29) is 5.69 Å². The number of hydrogen-bond donors (Lipinski definition) is 2. The maximum absolute atomic E-state index is 12.4. The van der Waals surface area contributed by atoms with Gasteiger partial charge in [0.25, 0.3) is 5.76 Å². The monoisotopic (exact) mass is 296 g/mol. The Morgan fingerprint density at radius 3 is 2.60 bits per heavy atom. The van der Waals surface area contributed by atoms with Crippen molar-refractivity contribution >= 4 is 29.1 Å². The normalized spacial score (nSPS) is 10.6. The summed E-state index contributed by atoms with van der Waals surface area (Å²) in [6.45, 7) is 0. The molecule has 2 rings (SSSR count). The van der Waals surface area contributed by atoms with Crippen molar-refractivity contribution in [2.75, 3.05) is 5.32 Å². The van der Waals surface area contributed by atoms with Crippen molar-refractivity contribution in [3.05, 3.63) is 48.3 Å². The number of nitrogens with zero attached hydrogens (tertiary/aromatic N) is 1. The fourth-order valence-electron chi connectivity index (χ4n) is 1.52. The highest BCUT2D eigenvalue weighted by molar-refractivity contribution is 7.99. The van der Waals surface area contributed by atoms with Crippen LogP contribution in [0.2, 0.25) is 0 Å². The van der Waals surface area contributed by atoms with E-state index in [0.29, 0.717) is 28.0 Å². The standard InChI is InChI=1S/C13H10F2N2O2S/c14-13(15)20-11-4-2-1-3-9(11)17-8-5-6-10(12(18)19)16-7-8/h1-7,13,17H,(H,18,19). The largest absolute Gasteiger partial charge is 0.477 e. The van der Waals surface area contributed by atoms with E-state index in [4.69, 9.17) is 5.11 Å². The van der Waals surface area contributed by atoms with Gasteiger partial charge in [-0.3, -0.25) is 0 Å². The summed E-state index contributed by atoms with van der Waals surface area (Å²) >= 11 is 0.442. The molecule has 0 fully saturated rings. The van der Waals surface area contributed by atoms with Crippen molar-refractivity contribution in [3.63, 3.8) is 0 Å². The Kier molecular flexibility index (Phi) is 4.52. The molecule has 0 atom stereocenters. The number of benzene rings is 1. The van der Waals surface area contributed by atoms with Crippen molar-refractivity contribution in [1.29, 1.82) is 0 Å². The Balaban J connectivity index is 2.19. The molecule has 0 spiro atoms. The first-order valence-corrected chi connectivity index (χ1v) is 6.44. The van der Waals surface area contributed by atoms with Gasteiger partial charge in [0.05, 0.1) is 17.6 Å². The zero-order chi connectivity index (χ0) is 14.5. The Hall–Kier alpha value is -2.15. The van der Waals surface area contributed by atoms with Gasteiger partial charge in [-0.15, -0.1) is 0 Å². The van der Waals surface area contributed by atoms with Gasteiger partial charge in [-0.2, -0.15) is 8.78 Å². The number of anilines is 2. The number of carboxylic acids is 1. The van der Waals surface area contributed by atoms with E-state index in [2.05, 4.69) is 10.3 Å². The summed E-state index contributed by atoms with van der Waals surface area (Å²) in [7, 11) is 0. The van der Waals surface area contributed by atoms with Gasteiger partial charge in [0.15, 0.2) is 0 Å². The third-order valence-electron chi connectivity index (χ3n) is 2.36. The van der Waals surface area contributed by atoms with Crippen LogP contribution in [0.1, 0.15) is 10.5 Å². The molecule has 0 aliphatic heterocycles. The van der Waals surface area contributed by atoms with Crippen LogP contribution < -0.4 is 5.32 Å². The van der Waals surface area contributed by atoms with Crippen LogP contribution in [0.3, 0.4) is 0 Å². The quantitative estimate of drug-likeness (QED) is 0.821. The second kappa shape index (κ2) is 6.33. The predicted octanol–water partition coefficient (Wildman–Crippen LogP) is 3.84. The maximum atomic E-state index is 12.4. The molecule has 2 aromatic rings. The molecule has 1 aromatic carbocycles. The van der Waals surface area contributed by atoms with Crippen LogP contribution in [0.4, 0.5) is 20.2 Å². The lowest BCUT2D eigenvalue weighted by molar-refractivity contribution is 0.0690. The van der Waals surface area contributed by atoms with Gasteiger partial charge < -0.3 is 10.4 Å². The maximum Gasteiger partial charge on any atom is 0.354 e. The number of carboxylic acid groups (broad SMARTS) is 1. The lowest BCUT2D eigenvalue weighted by Gasteiger charge is -2.11. The molecule has 20 heavy (non-hydrogen) atoms. The van der Waals surface area contributed by atoms with Crippen molar-refractivity contribution in [3.8, 4) is 0 Å². The van der Waals surface area contributed by atoms with Crippen molar-refractivity contribution in [1.82, 2.24) is 4.98 Å². The van der Waals surface area contributed by atoms with Gasteiger partial charge in [-0.25, -0.2) is 9.78 Å². The molecule has 0 aliphatic rings. The van der Waals surface area contributed by atoms with E-state index < -0.39 is 11.7 Å². The number of nitrogens with one attached hydrogen (secondary N) is 1. The van der Waals surface area contributed by atoms with Gasteiger partial charge >= 0.3 is 5.97 Å². The van der Waals surface area contributed by atoms with Crippen molar-refractivity contribution < 1.29 is 18.7 Å². The van der Waals surface area contributed by atoms with Crippen LogP contribution in [-0.4, -0.2) is 21.8 Å². The number of rotatable bonds is 5. The molecule has 0 unspecified atom stereocenters. The predicted molar refractivity (Wildman–Crippen MR) is 72.8 cm³/mol. The Morgan fingerprint density at radius 1 is 1.25 bits per heavy atom. The second-order valence-corrected chi connectivity index (χ2v) is 4.77. The average molecular weight is 296 g/mol. The molecule has 0 aliphatic carbocycles. The van der Waals surface area contributed by atoms with Gasteiger partial charge in [-0.1, -0.05) is 23.9 Å². The molecular weight excluding hydrogens is 286 g/mol. The molecule has 0 saturated carbocycles. The minimum Gasteiger partial charge on any atom is -0.477 e. The molecule has 0 bridgehead atoms. The van der Waals surface area contributed by atoms with Gasteiger partial charge in [0.1, 0.15) is 5.69 Å². The SMILES string of the molecule is O=C(O)c1ccc(Nc2ccccc2SC(F)F)cn1. The Labute approximate surface area is 117 Å². The molecule has 7 heteroatoms. The summed E-state index contributed by atoms with van der Waals surface area (Å²) < 4.78 is 24.9. The minimum atomic E-state index is -2.51. The molecule has 1 aromatic heterocycles. The lowest BCUT2D eigenvalue weighted by Crippen LogP contribution is -2.00. The molecular formula is C13H10F2N2O2S. The molecule has 0 radical (unpaired) electrons. The number of thioether (sulfide) groups is 1. The number of aromatic nitrogens is 1. The lowest BCUT2D eigenvalue weighted by atomic mass is 10.3. The van der Waals surface area contributed by atoms with Crippen LogP contribution >= 0.6 is 11.8 Å². The minimum absolute atomic E-state index is 0.0780. The average Bonchev–Trinajstić information content (AvgIpc) is 2.41. The first-order valence-electron chi connectivity index (χ1n) is 5.56. The van der Waals surface area contributed by atoms with Crippen LogP contribution in [-0.2, 0) is 0 Å². The number of halogens is 2. The molecule has 4 nitrogen and oxygen atoms in total. The number of pyridine rings is 1. The third kappa shape index (κ3) is 3.67. The van der Waals surface area contributed by atoms with Crippen LogP contribution in [0.15, 0.2) is 47.5 Å². The molecule has 0 amide bonds. The second-order valence-electron chi connectivity index (χ2n) is 3.74. The summed E-state index contributed by atoms with van der Waals surface area (Å²) in [5.41, 5.74) is 0.964. The summed E-state index contributed by atoms with van der Waals surface area (Å²) in [5.74, 6) is -3.63. The van der Waals surface area contributed by atoms with Crippen molar-refractivity contribution in [2.24, 2.45) is 0 Å². The third-order valence-corrected chi connectivity index (χ3v) is 3.15. The molecule has 104 valence electrons. The number of hydrogen-bond acceptors (Lipinski definition) is 4. The zero-order valence-electron chi connectivity index (χ0n) is 10.1. The highest BCUT2D eigenvalue weighted by Gasteiger charge is 2.10. The van der Waals surface area contributed by atoms with E-state index >= 15 is 0 Å². The van der Waals surface area contributed by atoms with E-state index in [0.717, 1.165) is 0 Å². The van der Waals surface area contributed by atoms with Gasteiger partial charge in [0, 0.05) is 4.90 Å². The first-order chi connectivity index (χ1) is 9.56. The molecule has 1 heterocycles. The summed E-state index contributed by atoms with van der Waals surface area (Å²) in [5, 5.41) is 11.7. The molecule has 2 N–H and O–H groups in total. The topological polar surface area (TPSA) is 62.2 Å². The van der Waals surface area contributed by atoms with Crippen LogP contribution in [0, 0.1) is 0 Å². The van der Waals surface area contributed by atoms with Gasteiger partial charge in [-0.05, 0) is 24.3 Å². The van der Waals surface area contributed by atoms with Crippen LogP contribution in [0.25, 0.3) is 0 Å². The fourth-order valence-corrected chi connectivity index (χ4v) is 2.11. The van der Waals surface area contributed by atoms with Crippen molar-refractivity contribution in [2.45, 2.75) is 10.7 Å². The fraction of sp³-hybridized carbons (Fsp3) is 0.0769. The highest BCUT2D eigenvalue weighted by atomic mass is 32.2. The number of alkyl halides is 2. The number of aromatic carboxylic acids is 1. The van der Waals surface area contributed by atoms with Gasteiger partial charge in [0.2, 0.25) is 0 Å². The van der Waals surface area contributed by atoms with E-state index in [1.807, 2.05) is 0 Å². The number of para-hydroxylation sites is 1.